The van der Waals surface area contributed by atoms with Gasteiger partial charge in [0.1, 0.15) is 0 Å². The molecule has 1 aromatic rings. The molecule has 1 saturated carbocycles. The average molecular weight is 417 g/mol. The van der Waals surface area contributed by atoms with Gasteiger partial charge in [-0.25, -0.2) is 8.42 Å². The molecule has 0 N–H and O–H groups in total. The first-order valence-electron chi connectivity index (χ1n) is 9.27. The Balaban J connectivity index is 1.96. The fraction of sp³-hybridized carbons (Fsp3) is 0.600. The Bertz CT molecular complexity index is 801. The lowest BCUT2D eigenvalue weighted by atomic mass is 9.84. The van der Waals surface area contributed by atoms with Crippen LogP contribution in [0.15, 0.2) is 29.2 Å². The van der Waals surface area contributed by atoms with Crippen LogP contribution in [-0.2, 0) is 16.2 Å². The van der Waals surface area contributed by atoms with Crippen LogP contribution in [0.25, 0.3) is 0 Å². The topological polar surface area (TPSA) is 40.6 Å². The molecule has 1 fully saturated rings. The standard InChI is InChI=1S/C20H27F3N2O2S/c1-24(2)15-5-4-6-16-7-11-18(12-8-16)25(3)28(26,27)19-13-9-17(10-14-19)20(21,22)23/h9-10,13-14,16,18H,6-8,11-12,15H2,1-3H3. The van der Waals surface area contributed by atoms with Crippen molar-refractivity contribution in [1.29, 1.82) is 0 Å². The predicted molar refractivity (Wildman–Crippen MR) is 103 cm³/mol. The summed E-state index contributed by atoms with van der Waals surface area (Å²) in [5, 5.41) is 0. The monoisotopic (exact) mass is 416 g/mol. The van der Waals surface area contributed by atoms with Crippen molar-refractivity contribution in [2.45, 2.75) is 49.2 Å². The van der Waals surface area contributed by atoms with E-state index in [1.165, 1.54) is 11.4 Å². The zero-order valence-corrected chi connectivity index (χ0v) is 17.3. The van der Waals surface area contributed by atoms with Crippen molar-refractivity contribution < 1.29 is 21.6 Å². The van der Waals surface area contributed by atoms with Crippen molar-refractivity contribution >= 4 is 10.0 Å². The van der Waals surface area contributed by atoms with Gasteiger partial charge in [-0.15, -0.1) is 5.92 Å². The average Bonchev–Trinajstić information content (AvgIpc) is 2.64. The minimum atomic E-state index is -4.48. The normalized spacial score (nSPS) is 20.9. The molecule has 0 spiro atoms. The quantitative estimate of drug-likeness (QED) is 0.685. The lowest BCUT2D eigenvalue weighted by Gasteiger charge is -2.33. The first kappa shape index (κ1) is 22.7. The molecule has 28 heavy (non-hydrogen) atoms. The smallest absolute Gasteiger partial charge is 0.299 e. The van der Waals surface area contributed by atoms with E-state index in [0.717, 1.165) is 62.9 Å². The molecule has 0 saturated heterocycles. The summed E-state index contributed by atoms with van der Waals surface area (Å²) in [4.78, 5) is 1.89. The fourth-order valence-corrected chi connectivity index (χ4v) is 4.74. The summed E-state index contributed by atoms with van der Waals surface area (Å²) in [5.74, 6) is 6.77. The number of sulfonamides is 1. The molecule has 1 aromatic carbocycles. The maximum atomic E-state index is 12.8. The number of rotatable bonds is 5. The second-order valence-electron chi connectivity index (χ2n) is 7.51. The Kier molecular flexibility index (Phi) is 7.54. The number of alkyl halides is 3. The third-order valence-corrected chi connectivity index (χ3v) is 7.02. The SMILES string of the molecule is CN(C)CC#CCC1CCC(N(C)S(=O)(=O)c2ccc(C(F)(F)F)cc2)CC1. The second kappa shape index (κ2) is 9.29. The van der Waals surface area contributed by atoms with Gasteiger partial charge in [0.05, 0.1) is 17.0 Å². The van der Waals surface area contributed by atoms with Gasteiger partial charge in [-0.2, -0.15) is 17.5 Å². The number of hydrogen-bond acceptors (Lipinski definition) is 3. The van der Waals surface area contributed by atoms with Gasteiger partial charge in [-0.3, -0.25) is 4.90 Å². The molecular formula is C20H27F3N2O2S. The molecule has 0 bridgehead atoms. The highest BCUT2D eigenvalue weighted by molar-refractivity contribution is 7.89. The number of hydrogen-bond donors (Lipinski definition) is 0. The summed E-state index contributed by atoms with van der Waals surface area (Å²) in [6.07, 6.45) is -0.410. The molecule has 8 heteroatoms. The largest absolute Gasteiger partial charge is 0.416 e. The van der Waals surface area contributed by atoms with Crippen LogP contribution in [0.2, 0.25) is 0 Å². The van der Waals surface area contributed by atoms with Gasteiger partial charge in [-0.05, 0) is 70.0 Å². The Morgan fingerprint density at radius 2 is 1.57 bits per heavy atom. The van der Waals surface area contributed by atoms with Crippen molar-refractivity contribution in [1.82, 2.24) is 9.21 Å². The molecule has 2 rings (SSSR count). The van der Waals surface area contributed by atoms with E-state index in [0.29, 0.717) is 5.92 Å². The van der Waals surface area contributed by atoms with Gasteiger partial charge in [0.2, 0.25) is 10.0 Å². The van der Waals surface area contributed by atoms with Gasteiger partial charge in [-0.1, -0.05) is 5.92 Å². The molecule has 0 amide bonds. The molecule has 0 aromatic heterocycles. The van der Waals surface area contributed by atoms with E-state index in [9.17, 15) is 21.6 Å². The predicted octanol–water partition coefficient (Wildman–Crippen LogP) is 3.84. The molecule has 0 atom stereocenters. The van der Waals surface area contributed by atoms with Crippen LogP contribution in [0, 0.1) is 17.8 Å². The molecule has 4 nitrogen and oxygen atoms in total. The summed E-state index contributed by atoms with van der Waals surface area (Å²) in [5.41, 5.74) is -0.856. The third-order valence-electron chi connectivity index (χ3n) is 5.10. The number of nitrogens with zero attached hydrogens (tertiary/aromatic N) is 2. The Morgan fingerprint density at radius 1 is 1.00 bits per heavy atom. The van der Waals surface area contributed by atoms with Crippen molar-refractivity contribution in [2.75, 3.05) is 27.7 Å². The second-order valence-corrected chi connectivity index (χ2v) is 9.51. The first-order chi connectivity index (χ1) is 13.0. The highest BCUT2D eigenvalue weighted by Crippen LogP contribution is 2.33. The summed E-state index contributed by atoms with van der Waals surface area (Å²) < 4.78 is 64.9. The van der Waals surface area contributed by atoms with E-state index in [2.05, 4.69) is 11.8 Å². The van der Waals surface area contributed by atoms with Crippen LogP contribution < -0.4 is 0 Å². The molecule has 1 aliphatic carbocycles. The van der Waals surface area contributed by atoms with Crippen LogP contribution in [0.1, 0.15) is 37.7 Å². The summed E-state index contributed by atoms with van der Waals surface area (Å²) in [7, 11) is 1.62. The fourth-order valence-electron chi connectivity index (χ4n) is 3.32. The Labute approximate surface area is 165 Å². The van der Waals surface area contributed by atoms with Gasteiger partial charge in [0.15, 0.2) is 0 Å². The van der Waals surface area contributed by atoms with Gasteiger partial charge < -0.3 is 0 Å². The summed E-state index contributed by atoms with van der Waals surface area (Å²) in [6.45, 7) is 0.726. The molecule has 0 unspecified atom stereocenters. The molecular weight excluding hydrogens is 389 g/mol. The van der Waals surface area contributed by atoms with Crippen molar-refractivity contribution in [3.05, 3.63) is 29.8 Å². The Hall–Kier alpha value is -1.56. The maximum Gasteiger partial charge on any atom is 0.416 e. The zero-order chi connectivity index (χ0) is 20.9. The van der Waals surface area contributed by atoms with Crippen LogP contribution in [0.4, 0.5) is 13.2 Å². The third kappa shape index (κ3) is 5.97. The highest BCUT2D eigenvalue weighted by Gasteiger charge is 2.33. The van der Waals surface area contributed by atoms with Crippen molar-refractivity contribution in [3.8, 4) is 11.8 Å². The van der Waals surface area contributed by atoms with E-state index in [1.54, 1.807) is 0 Å². The first-order valence-corrected chi connectivity index (χ1v) is 10.7. The van der Waals surface area contributed by atoms with Crippen LogP contribution >= 0.6 is 0 Å². The summed E-state index contributed by atoms with van der Waals surface area (Å²) >= 11 is 0. The maximum absolute atomic E-state index is 12.8. The van der Waals surface area contributed by atoms with E-state index in [1.807, 2.05) is 19.0 Å². The van der Waals surface area contributed by atoms with Gasteiger partial charge in [0, 0.05) is 19.5 Å². The Morgan fingerprint density at radius 3 is 2.07 bits per heavy atom. The highest BCUT2D eigenvalue weighted by atomic mass is 32.2. The van der Waals surface area contributed by atoms with Crippen molar-refractivity contribution in [3.63, 3.8) is 0 Å². The van der Waals surface area contributed by atoms with Crippen molar-refractivity contribution in [2.24, 2.45) is 5.92 Å². The minimum absolute atomic E-state index is 0.111. The zero-order valence-electron chi connectivity index (χ0n) is 16.5. The van der Waals surface area contributed by atoms with Gasteiger partial charge >= 0.3 is 6.18 Å². The number of benzene rings is 1. The van der Waals surface area contributed by atoms with E-state index in [-0.39, 0.29) is 10.9 Å². The molecule has 0 radical (unpaired) electrons. The molecule has 1 aliphatic rings. The molecule has 0 heterocycles. The number of halogens is 3. The summed E-state index contributed by atoms with van der Waals surface area (Å²) in [6, 6.07) is 3.54. The van der Waals surface area contributed by atoms with Crippen LogP contribution in [-0.4, -0.2) is 51.4 Å². The van der Waals surface area contributed by atoms with Gasteiger partial charge in [0.25, 0.3) is 0 Å². The van der Waals surface area contributed by atoms with E-state index >= 15 is 0 Å². The van der Waals surface area contributed by atoms with Crippen LogP contribution in [0.5, 0.6) is 0 Å². The lowest BCUT2D eigenvalue weighted by Crippen LogP contribution is -2.39. The van der Waals surface area contributed by atoms with E-state index < -0.39 is 21.8 Å². The van der Waals surface area contributed by atoms with Crippen LogP contribution in [0.3, 0.4) is 0 Å². The lowest BCUT2D eigenvalue weighted by molar-refractivity contribution is -0.137. The molecule has 156 valence electrons. The molecule has 0 aliphatic heterocycles. The minimum Gasteiger partial charge on any atom is -0.299 e. The van der Waals surface area contributed by atoms with E-state index in [4.69, 9.17) is 0 Å².